The molecule has 0 atom stereocenters. The third kappa shape index (κ3) is 4.77. The first-order valence-corrected chi connectivity index (χ1v) is 5.07. The van der Waals surface area contributed by atoms with Gasteiger partial charge in [-0.25, -0.2) is 0 Å². The van der Waals surface area contributed by atoms with Crippen molar-refractivity contribution in [2.24, 2.45) is 0 Å². The van der Waals surface area contributed by atoms with E-state index in [9.17, 15) is 0 Å². The maximum absolute atomic E-state index is 5.67. The molecule has 0 spiro atoms. The van der Waals surface area contributed by atoms with Gasteiger partial charge in [-0.3, -0.25) is 9.97 Å². The van der Waals surface area contributed by atoms with Gasteiger partial charge in [0.2, 0.25) is 0 Å². The van der Waals surface area contributed by atoms with Gasteiger partial charge < -0.3 is 0 Å². The molecule has 0 aliphatic heterocycles. The molecular formula is C11H10Cl2N2. The van der Waals surface area contributed by atoms with Crippen molar-refractivity contribution in [2.45, 2.75) is 6.92 Å². The van der Waals surface area contributed by atoms with E-state index in [0.717, 1.165) is 15.6 Å². The largest absolute Gasteiger partial charge is 0.265 e. The Bertz CT molecular complexity index is 383. The van der Waals surface area contributed by atoms with E-state index in [4.69, 9.17) is 23.2 Å². The van der Waals surface area contributed by atoms with E-state index in [2.05, 4.69) is 9.97 Å². The van der Waals surface area contributed by atoms with Crippen molar-refractivity contribution in [3.63, 3.8) is 0 Å². The lowest BCUT2D eigenvalue weighted by Gasteiger charge is -1.90. The average molecular weight is 241 g/mol. The fourth-order valence-corrected chi connectivity index (χ4v) is 1.01. The Morgan fingerprint density at radius 1 is 0.933 bits per heavy atom. The summed E-state index contributed by atoms with van der Waals surface area (Å²) in [5, 5.41) is 1.51. The molecule has 2 aromatic heterocycles. The molecule has 0 fully saturated rings. The summed E-state index contributed by atoms with van der Waals surface area (Å²) in [5.41, 5.74) is 1.02. The molecule has 0 N–H and O–H groups in total. The lowest BCUT2D eigenvalue weighted by atomic mass is 10.3. The summed E-state index contributed by atoms with van der Waals surface area (Å²) in [4.78, 5) is 7.62. The summed E-state index contributed by atoms with van der Waals surface area (Å²) in [6.45, 7) is 1.93. The minimum absolute atomic E-state index is 0.731. The van der Waals surface area contributed by atoms with Crippen LogP contribution < -0.4 is 0 Å². The smallest absolute Gasteiger partial charge is 0.0465 e. The Kier molecular flexibility index (Phi) is 5.08. The second-order valence-corrected chi connectivity index (χ2v) is 3.63. The molecule has 0 saturated heterocycles. The lowest BCUT2D eigenvalue weighted by Crippen LogP contribution is -1.74. The van der Waals surface area contributed by atoms with Gasteiger partial charge in [0.05, 0.1) is 0 Å². The second kappa shape index (κ2) is 6.38. The van der Waals surface area contributed by atoms with Crippen LogP contribution in [-0.4, -0.2) is 9.97 Å². The van der Waals surface area contributed by atoms with Gasteiger partial charge in [0.25, 0.3) is 0 Å². The standard InChI is InChI=1S/C6H6ClN.C5H4ClN/c1-5-4-8-3-2-6(5)7;6-5-1-3-7-4-2-5/h2-4H,1H3;1-4H. The van der Waals surface area contributed by atoms with E-state index < -0.39 is 0 Å². The van der Waals surface area contributed by atoms with Crippen LogP contribution in [0, 0.1) is 6.92 Å². The predicted octanol–water partition coefficient (Wildman–Crippen LogP) is 3.78. The molecule has 0 aliphatic rings. The minimum atomic E-state index is 0.731. The summed E-state index contributed by atoms with van der Waals surface area (Å²) in [6, 6.07) is 5.25. The van der Waals surface area contributed by atoms with Gasteiger partial charge in [-0.15, -0.1) is 0 Å². The molecule has 0 saturated carbocycles. The Hall–Kier alpha value is -1.12. The van der Waals surface area contributed by atoms with Crippen molar-refractivity contribution in [3.8, 4) is 0 Å². The molecule has 2 aromatic rings. The zero-order chi connectivity index (χ0) is 11.1. The van der Waals surface area contributed by atoms with Crippen molar-refractivity contribution in [2.75, 3.05) is 0 Å². The number of halogens is 2. The van der Waals surface area contributed by atoms with E-state index in [1.54, 1.807) is 43.0 Å². The van der Waals surface area contributed by atoms with Crippen molar-refractivity contribution in [1.82, 2.24) is 9.97 Å². The average Bonchev–Trinajstić information content (AvgIpc) is 2.25. The minimum Gasteiger partial charge on any atom is -0.265 e. The Labute approximate surface area is 98.9 Å². The molecule has 2 heterocycles. The molecule has 78 valence electrons. The van der Waals surface area contributed by atoms with Crippen molar-refractivity contribution >= 4 is 23.2 Å². The number of rotatable bonds is 0. The highest BCUT2D eigenvalue weighted by Crippen LogP contribution is 2.10. The Morgan fingerprint density at radius 2 is 1.53 bits per heavy atom. The molecule has 0 radical (unpaired) electrons. The van der Waals surface area contributed by atoms with Gasteiger partial charge >= 0.3 is 0 Å². The van der Waals surface area contributed by atoms with E-state index in [1.807, 2.05) is 6.92 Å². The van der Waals surface area contributed by atoms with Crippen LogP contribution >= 0.6 is 23.2 Å². The van der Waals surface area contributed by atoms with Crippen molar-refractivity contribution in [3.05, 3.63) is 58.6 Å². The van der Waals surface area contributed by atoms with Crippen LogP contribution in [0.4, 0.5) is 0 Å². The van der Waals surface area contributed by atoms with E-state index in [1.165, 1.54) is 0 Å². The third-order valence-corrected chi connectivity index (χ3v) is 2.27. The molecular weight excluding hydrogens is 231 g/mol. The normalized spacial score (nSPS) is 9.00. The first kappa shape index (κ1) is 12.0. The van der Waals surface area contributed by atoms with Gasteiger partial charge in [0.1, 0.15) is 0 Å². The first-order valence-electron chi connectivity index (χ1n) is 4.32. The summed E-state index contributed by atoms with van der Waals surface area (Å²) in [6.07, 6.45) is 6.72. The molecule has 0 aromatic carbocycles. The van der Waals surface area contributed by atoms with Gasteiger partial charge in [-0.1, -0.05) is 23.2 Å². The molecule has 2 rings (SSSR count). The van der Waals surface area contributed by atoms with Crippen LogP contribution in [0.1, 0.15) is 5.56 Å². The van der Waals surface area contributed by atoms with Crippen LogP contribution in [0.3, 0.4) is 0 Å². The Balaban J connectivity index is 0.000000151. The fourth-order valence-electron chi connectivity index (χ4n) is 0.790. The van der Waals surface area contributed by atoms with E-state index >= 15 is 0 Å². The number of pyridine rings is 2. The van der Waals surface area contributed by atoms with Crippen LogP contribution in [-0.2, 0) is 0 Å². The van der Waals surface area contributed by atoms with Gasteiger partial charge in [0, 0.05) is 34.8 Å². The molecule has 0 aliphatic carbocycles. The molecule has 2 nitrogen and oxygen atoms in total. The van der Waals surface area contributed by atoms with E-state index in [0.29, 0.717) is 0 Å². The molecule has 0 bridgehead atoms. The lowest BCUT2D eigenvalue weighted by molar-refractivity contribution is 1.27. The molecule has 4 heteroatoms. The molecule has 0 unspecified atom stereocenters. The maximum atomic E-state index is 5.67. The van der Waals surface area contributed by atoms with Gasteiger partial charge in [0.15, 0.2) is 0 Å². The highest BCUT2D eigenvalue weighted by Gasteiger charge is 1.87. The number of aryl methyl sites for hydroxylation is 1. The van der Waals surface area contributed by atoms with Crippen molar-refractivity contribution in [1.29, 1.82) is 0 Å². The van der Waals surface area contributed by atoms with Crippen LogP contribution in [0.2, 0.25) is 10.0 Å². The topological polar surface area (TPSA) is 25.8 Å². The van der Waals surface area contributed by atoms with Gasteiger partial charge in [-0.05, 0) is 30.7 Å². The summed E-state index contributed by atoms with van der Waals surface area (Å²) < 4.78 is 0. The summed E-state index contributed by atoms with van der Waals surface area (Å²) >= 11 is 11.2. The highest BCUT2D eigenvalue weighted by molar-refractivity contribution is 6.31. The number of hydrogen-bond acceptors (Lipinski definition) is 2. The number of hydrogen-bond donors (Lipinski definition) is 0. The quantitative estimate of drug-likeness (QED) is 0.701. The molecule has 15 heavy (non-hydrogen) atoms. The maximum Gasteiger partial charge on any atom is 0.0465 e. The highest BCUT2D eigenvalue weighted by atomic mass is 35.5. The first-order chi connectivity index (χ1) is 7.20. The van der Waals surface area contributed by atoms with Crippen molar-refractivity contribution < 1.29 is 0 Å². The summed E-state index contributed by atoms with van der Waals surface area (Å²) in [5.74, 6) is 0. The van der Waals surface area contributed by atoms with Crippen LogP contribution in [0.5, 0.6) is 0 Å². The SMILES string of the molecule is Cc1cnccc1Cl.Clc1ccncc1. The second-order valence-electron chi connectivity index (χ2n) is 2.79. The van der Waals surface area contributed by atoms with Crippen LogP contribution in [0.15, 0.2) is 43.0 Å². The van der Waals surface area contributed by atoms with Gasteiger partial charge in [-0.2, -0.15) is 0 Å². The predicted molar refractivity (Wildman–Crippen MR) is 63.2 cm³/mol. The van der Waals surface area contributed by atoms with Crippen LogP contribution in [0.25, 0.3) is 0 Å². The Morgan fingerprint density at radius 3 is 1.87 bits per heavy atom. The molecule has 0 amide bonds. The fraction of sp³-hybridized carbons (Fsp3) is 0.0909. The summed E-state index contributed by atoms with van der Waals surface area (Å²) in [7, 11) is 0. The number of aromatic nitrogens is 2. The monoisotopic (exact) mass is 240 g/mol. The zero-order valence-corrected chi connectivity index (χ0v) is 9.70. The zero-order valence-electron chi connectivity index (χ0n) is 8.19. The van der Waals surface area contributed by atoms with E-state index in [-0.39, 0.29) is 0 Å². The third-order valence-electron chi connectivity index (χ3n) is 1.59. The number of nitrogens with zero attached hydrogens (tertiary/aromatic N) is 2.